The number of hydrogen-bond donors (Lipinski definition) is 1. The molecule has 4 nitrogen and oxygen atoms in total. The van der Waals surface area contributed by atoms with Crippen LogP contribution in [0.25, 0.3) is 0 Å². The Morgan fingerprint density at radius 1 is 1.56 bits per heavy atom. The van der Waals surface area contributed by atoms with Crippen molar-refractivity contribution in [3.8, 4) is 6.07 Å². The molecule has 1 aromatic carbocycles. The Labute approximate surface area is 99.4 Å². The van der Waals surface area contributed by atoms with Crippen LogP contribution in [0.2, 0.25) is 5.02 Å². The molecule has 0 aromatic heterocycles. The minimum absolute atomic E-state index is 0.241. The molecule has 0 spiro atoms. The van der Waals surface area contributed by atoms with Crippen LogP contribution in [0.4, 0.5) is 10.5 Å². The zero-order valence-corrected chi connectivity index (χ0v) is 9.88. The second-order valence-electron chi connectivity index (χ2n) is 3.47. The predicted octanol–water partition coefficient (Wildman–Crippen LogP) is 2.50. The largest absolute Gasteiger partial charge is 0.331 e. The fourth-order valence-electron chi connectivity index (χ4n) is 1.09. The highest BCUT2D eigenvalue weighted by Crippen LogP contribution is 2.23. The van der Waals surface area contributed by atoms with Crippen LogP contribution < -0.4 is 5.32 Å². The van der Waals surface area contributed by atoms with Gasteiger partial charge in [-0.25, -0.2) is 4.79 Å². The average molecular weight is 238 g/mol. The van der Waals surface area contributed by atoms with E-state index in [2.05, 4.69) is 5.32 Å². The maximum Gasteiger partial charge on any atom is 0.321 e. The molecule has 16 heavy (non-hydrogen) atoms. The van der Waals surface area contributed by atoms with Gasteiger partial charge in [0.15, 0.2) is 0 Å². The first-order chi connectivity index (χ1) is 7.54. The lowest BCUT2D eigenvalue weighted by molar-refractivity contribution is 0.230. The van der Waals surface area contributed by atoms with E-state index in [1.165, 1.54) is 4.90 Å². The van der Waals surface area contributed by atoms with Crippen molar-refractivity contribution in [2.24, 2.45) is 0 Å². The molecule has 0 fully saturated rings. The Morgan fingerprint density at radius 3 is 2.75 bits per heavy atom. The molecular formula is C11H12ClN3O. The van der Waals surface area contributed by atoms with Crippen LogP contribution in [0.5, 0.6) is 0 Å². The summed E-state index contributed by atoms with van der Waals surface area (Å²) in [5, 5.41) is 11.6. The van der Waals surface area contributed by atoms with Crippen LogP contribution in [-0.2, 0) is 6.42 Å². The Kier molecular flexibility index (Phi) is 4.15. The summed E-state index contributed by atoms with van der Waals surface area (Å²) in [6.07, 6.45) is 0.307. The number of nitriles is 1. The van der Waals surface area contributed by atoms with Gasteiger partial charge < -0.3 is 10.2 Å². The number of carbonyl (C=O) groups is 1. The van der Waals surface area contributed by atoms with Crippen LogP contribution in [0.1, 0.15) is 5.56 Å². The topological polar surface area (TPSA) is 56.1 Å². The minimum atomic E-state index is -0.241. The number of amides is 2. The zero-order chi connectivity index (χ0) is 12.1. The first-order valence-electron chi connectivity index (χ1n) is 4.68. The lowest BCUT2D eigenvalue weighted by atomic mass is 10.1. The Hall–Kier alpha value is -1.73. The average Bonchev–Trinajstić information content (AvgIpc) is 2.22. The first-order valence-corrected chi connectivity index (χ1v) is 5.06. The summed E-state index contributed by atoms with van der Waals surface area (Å²) in [5.74, 6) is 0. The number of benzene rings is 1. The predicted molar refractivity (Wildman–Crippen MR) is 63.5 cm³/mol. The number of halogens is 1. The molecule has 5 heteroatoms. The Morgan fingerprint density at radius 2 is 2.25 bits per heavy atom. The molecule has 1 aromatic rings. The number of rotatable bonds is 2. The second-order valence-corrected chi connectivity index (χ2v) is 3.88. The third kappa shape index (κ3) is 3.14. The van der Waals surface area contributed by atoms with Gasteiger partial charge in [0.2, 0.25) is 0 Å². The SMILES string of the molecule is CN(C)C(=O)Nc1ccc(CC#N)cc1Cl. The van der Waals surface area contributed by atoms with Crippen molar-refractivity contribution < 1.29 is 4.79 Å². The van der Waals surface area contributed by atoms with E-state index in [0.29, 0.717) is 17.1 Å². The molecule has 0 saturated heterocycles. The standard InChI is InChI=1S/C11H12ClN3O/c1-15(2)11(16)14-10-4-3-8(5-6-13)7-9(10)12/h3-4,7H,5H2,1-2H3,(H,14,16). The van der Waals surface area contributed by atoms with Crippen molar-refractivity contribution in [2.75, 3.05) is 19.4 Å². The molecule has 1 rings (SSSR count). The number of nitrogens with zero attached hydrogens (tertiary/aromatic N) is 2. The van der Waals surface area contributed by atoms with E-state index >= 15 is 0 Å². The van der Waals surface area contributed by atoms with Gasteiger partial charge in [0.05, 0.1) is 23.2 Å². The summed E-state index contributed by atoms with van der Waals surface area (Å²) in [7, 11) is 3.29. The van der Waals surface area contributed by atoms with Crippen LogP contribution in [-0.4, -0.2) is 25.0 Å². The Balaban J connectivity index is 2.84. The van der Waals surface area contributed by atoms with Gasteiger partial charge in [-0.3, -0.25) is 0 Å². The molecule has 0 radical (unpaired) electrons. The van der Waals surface area contributed by atoms with Crippen molar-refractivity contribution in [2.45, 2.75) is 6.42 Å². The van der Waals surface area contributed by atoms with Gasteiger partial charge >= 0.3 is 6.03 Å². The van der Waals surface area contributed by atoms with E-state index in [9.17, 15) is 4.79 Å². The van der Waals surface area contributed by atoms with Gasteiger partial charge in [-0.15, -0.1) is 0 Å². The van der Waals surface area contributed by atoms with E-state index in [4.69, 9.17) is 16.9 Å². The van der Waals surface area contributed by atoms with Gasteiger partial charge in [0, 0.05) is 14.1 Å². The van der Waals surface area contributed by atoms with Crippen molar-refractivity contribution in [1.29, 1.82) is 5.26 Å². The zero-order valence-electron chi connectivity index (χ0n) is 9.12. The van der Waals surface area contributed by atoms with E-state index in [1.807, 2.05) is 6.07 Å². The van der Waals surface area contributed by atoms with Crippen molar-refractivity contribution in [3.63, 3.8) is 0 Å². The highest BCUT2D eigenvalue weighted by molar-refractivity contribution is 6.33. The smallest absolute Gasteiger partial charge is 0.321 e. The van der Waals surface area contributed by atoms with Crippen molar-refractivity contribution in [1.82, 2.24) is 4.90 Å². The van der Waals surface area contributed by atoms with Gasteiger partial charge in [-0.1, -0.05) is 17.7 Å². The van der Waals surface area contributed by atoms with Crippen LogP contribution >= 0.6 is 11.6 Å². The molecule has 0 unspecified atom stereocenters. The monoisotopic (exact) mass is 237 g/mol. The normalized spacial score (nSPS) is 9.38. The Bertz CT molecular complexity index is 437. The van der Waals surface area contributed by atoms with Crippen LogP contribution in [0.15, 0.2) is 18.2 Å². The third-order valence-electron chi connectivity index (χ3n) is 1.96. The highest BCUT2D eigenvalue weighted by atomic mass is 35.5. The second kappa shape index (κ2) is 5.38. The molecular weight excluding hydrogens is 226 g/mol. The number of hydrogen-bond acceptors (Lipinski definition) is 2. The molecule has 0 aliphatic rings. The summed E-state index contributed by atoms with van der Waals surface area (Å²) in [6, 6.07) is 6.93. The van der Waals surface area contributed by atoms with E-state index in [0.717, 1.165) is 5.56 Å². The number of urea groups is 1. The number of carbonyl (C=O) groups excluding carboxylic acids is 1. The molecule has 1 N–H and O–H groups in total. The van der Waals surface area contributed by atoms with Gasteiger partial charge in [-0.2, -0.15) is 5.26 Å². The van der Waals surface area contributed by atoms with Crippen LogP contribution in [0, 0.1) is 11.3 Å². The molecule has 0 aliphatic carbocycles. The number of anilines is 1. The summed E-state index contributed by atoms with van der Waals surface area (Å²) in [5.41, 5.74) is 1.37. The van der Waals surface area contributed by atoms with E-state index < -0.39 is 0 Å². The molecule has 0 aliphatic heterocycles. The van der Waals surface area contributed by atoms with E-state index in [-0.39, 0.29) is 6.03 Å². The van der Waals surface area contributed by atoms with Crippen molar-refractivity contribution in [3.05, 3.63) is 28.8 Å². The highest BCUT2D eigenvalue weighted by Gasteiger charge is 2.07. The lowest BCUT2D eigenvalue weighted by Gasteiger charge is -2.13. The van der Waals surface area contributed by atoms with Crippen molar-refractivity contribution >= 4 is 23.3 Å². The van der Waals surface area contributed by atoms with E-state index in [1.54, 1.807) is 32.3 Å². The maximum atomic E-state index is 11.4. The molecule has 84 valence electrons. The molecule has 0 saturated carbocycles. The summed E-state index contributed by atoms with van der Waals surface area (Å²) in [4.78, 5) is 12.8. The quantitative estimate of drug-likeness (QED) is 0.859. The molecule has 0 atom stereocenters. The minimum Gasteiger partial charge on any atom is -0.331 e. The van der Waals surface area contributed by atoms with Gasteiger partial charge in [0.1, 0.15) is 0 Å². The molecule has 0 heterocycles. The fraction of sp³-hybridized carbons (Fsp3) is 0.273. The van der Waals surface area contributed by atoms with Crippen LogP contribution in [0.3, 0.4) is 0 Å². The fourth-order valence-corrected chi connectivity index (χ4v) is 1.34. The van der Waals surface area contributed by atoms with Gasteiger partial charge in [-0.05, 0) is 17.7 Å². The first kappa shape index (κ1) is 12.3. The third-order valence-corrected chi connectivity index (χ3v) is 2.28. The number of nitrogens with one attached hydrogen (secondary N) is 1. The molecule has 2 amide bonds. The molecule has 0 bridgehead atoms. The summed E-state index contributed by atoms with van der Waals surface area (Å²) in [6.45, 7) is 0. The maximum absolute atomic E-state index is 11.4. The summed E-state index contributed by atoms with van der Waals surface area (Å²) >= 11 is 5.97. The summed E-state index contributed by atoms with van der Waals surface area (Å²) < 4.78 is 0. The lowest BCUT2D eigenvalue weighted by Crippen LogP contribution is -2.27. The van der Waals surface area contributed by atoms with Gasteiger partial charge in [0.25, 0.3) is 0 Å².